The summed E-state index contributed by atoms with van der Waals surface area (Å²) in [6.07, 6.45) is 0.577. The summed E-state index contributed by atoms with van der Waals surface area (Å²) in [7, 11) is 0. The Balaban J connectivity index is 2.15. The lowest BCUT2D eigenvalue weighted by molar-refractivity contribution is 0.0974. The van der Waals surface area contributed by atoms with Crippen LogP contribution in [0.5, 0.6) is 0 Å². The quantitative estimate of drug-likeness (QED) is 0.757. The van der Waals surface area contributed by atoms with Crippen LogP contribution < -0.4 is 0 Å². The molecule has 0 aliphatic rings. The molecule has 2 aromatic carbocycles. The largest absolute Gasteiger partial charge is 0.294 e. The molecule has 0 N–H and O–H groups in total. The number of carbonyl (C=O) groups excluding carboxylic acids is 1. The Labute approximate surface area is 110 Å². The third kappa shape index (κ3) is 3.05. The lowest BCUT2D eigenvalue weighted by atomic mass is 10.0. The van der Waals surface area contributed by atoms with Crippen molar-refractivity contribution in [2.24, 2.45) is 0 Å². The van der Waals surface area contributed by atoms with Crippen molar-refractivity contribution < 1.29 is 13.6 Å². The predicted octanol–water partition coefficient (Wildman–Crippen LogP) is 4.09. The van der Waals surface area contributed by atoms with Crippen molar-refractivity contribution >= 4 is 5.78 Å². The minimum absolute atomic E-state index is 0.0985. The summed E-state index contributed by atoms with van der Waals surface area (Å²) in [6, 6.07) is 11.9. The van der Waals surface area contributed by atoms with Crippen molar-refractivity contribution in [3.8, 4) is 0 Å². The summed E-state index contributed by atoms with van der Waals surface area (Å²) in [4.78, 5) is 11.9. The summed E-state index contributed by atoms with van der Waals surface area (Å²) in [5.74, 6) is -2.04. The Morgan fingerprint density at radius 1 is 1.05 bits per heavy atom. The second kappa shape index (κ2) is 5.74. The first-order chi connectivity index (χ1) is 9.09. The van der Waals surface area contributed by atoms with Gasteiger partial charge >= 0.3 is 0 Å². The van der Waals surface area contributed by atoms with Gasteiger partial charge in [-0.1, -0.05) is 36.4 Å². The monoisotopic (exact) mass is 260 g/mol. The number of halogens is 2. The molecule has 2 rings (SSSR count). The van der Waals surface area contributed by atoms with Crippen LogP contribution in [0.25, 0.3) is 0 Å². The zero-order chi connectivity index (χ0) is 13.8. The Hall–Kier alpha value is -2.03. The molecule has 0 fully saturated rings. The van der Waals surface area contributed by atoms with Gasteiger partial charge in [0.25, 0.3) is 0 Å². The van der Waals surface area contributed by atoms with Crippen molar-refractivity contribution in [3.05, 3.63) is 70.8 Å². The van der Waals surface area contributed by atoms with Gasteiger partial charge in [-0.25, -0.2) is 8.78 Å². The van der Waals surface area contributed by atoms with Crippen LogP contribution >= 0.6 is 0 Å². The van der Waals surface area contributed by atoms with E-state index in [0.29, 0.717) is 6.42 Å². The molecule has 0 radical (unpaired) electrons. The van der Waals surface area contributed by atoms with Crippen LogP contribution in [0.4, 0.5) is 8.78 Å². The van der Waals surface area contributed by atoms with Gasteiger partial charge in [0.2, 0.25) is 0 Å². The smallest absolute Gasteiger partial charge is 0.169 e. The van der Waals surface area contributed by atoms with Crippen molar-refractivity contribution in [3.63, 3.8) is 0 Å². The normalized spacial score (nSPS) is 10.5. The maximum Gasteiger partial charge on any atom is 0.169 e. The Bertz CT molecular complexity index is 591. The van der Waals surface area contributed by atoms with Crippen LogP contribution in [0.1, 0.15) is 27.9 Å². The van der Waals surface area contributed by atoms with E-state index in [9.17, 15) is 13.6 Å². The molecular formula is C16H14F2O. The van der Waals surface area contributed by atoms with E-state index in [4.69, 9.17) is 0 Å². The number of Topliss-reactive ketones (excluding diaryl/α,β-unsaturated/α-hetero) is 1. The molecule has 98 valence electrons. The maximum atomic E-state index is 13.8. The van der Waals surface area contributed by atoms with E-state index in [1.54, 1.807) is 0 Å². The van der Waals surface area contributed by atoms with E-state index in [1.165, 1.54) is 13.0 Å². The van der Waals surface area contributed by atoms with Gasteiger partial charge in [-0.05, 0) is 30.5 Å². The molecule has 0 heterocycles. The highest BCUT2D eigenvalue weighted by atomic mass is 19.1. The molecule has 3 heteroatoms. The van der Waals surface area contributed by atoms with Crippen LogP contribution in [0.15, 0.2) is 42.5 Å². The van der Waals surface area contributed by atoms with Crippen molar-refractivity contribution in [2.75, 3.05) is 0 Å². The van der Waals surface area contributed by atoms with E-state index in [1.807, 2.05) is 30.3 Å². The zero-order valence-corrected chi connectivity index (χ0v) is 10.6. The molecule has 0 bridgehead atoms. The second-order valence-electron chi connectivity index (χ2n) is 4.46. The summed E-state index contributed by atoms with van der Waals surface area (Å²) >= 11 is 0. The first kappa shape index (κ1) is 13.4. The van der Waals surface area contributed by atoms with Gasteiger partial charge in [0.05, 0.1) is 5.56 Å². The summed E-state index contributed by atoms with van der Waals surface area (Å²) in [5.41, 5.74) is 0.838. The molecule has 19 heavy (non-hydrogen) atoms. The van der Waals surface area contributed by atoms with Gasteiger partial charge in [-0.2, -0.15) is 0 Å². The van der Waals surface area contributed by atoms with Gasteiger partial charge < -0.3 is 0 Å². The highest BCUT2D eigenvalue weighted by molar-refractivity contribution is 5.96. The SMILES string of the molecule is Cc1ccc(F)c(C(=O)CCc2ccccc2)c1F. The first-order valence-electron chi connectivity index (χ1n) is 6.11. The number of hydrogen-bond donors (Lipinski definition) is 0. The van der Waals surface area contributed by atoms with E-state index < -0.39 is 23.0 Å². The molecule has 0 atom stereocenters. The van der Waals surface area contributed by atoms with Crippen molar-refractivity contribution in [1.82, 2.24) is 0 Å². The molecule has 2 aromatic rings. The lowest BCUT2D eigenvalue weighted by Gasteiger charge is -2.06. The minimum Gasteiger partial charge on any atom is -0.294 e. The van der Waals surface area contributed by atoms with Crippen molar-refractivity contribution in [2.45, 2.75) is 19.8 Å². The van der Waals surface area contributed by atoms with E-state index in [-0.39, 0.29) is 12.0 Å². The van der Waals surface area contributed by atoms with E-state index in [0.717, 1.165) is 11.6 Å². The number of hydrogen-bond acceptors (Lipinski definition) is 1. The third-order valence-electron chi connectivity index (χ3n) is 3.05. The molecule has 0 aliphatic heterocycles. The molecule has 0 aromatic heterocycles. The van der Waals surface area contributed by atoms with Crippen molar-refractivity contribution in [1.29, 1.82) is 0 Å². The third-order valence-corrected chi connectivity index (χ3v) is 3.05. The van der Waals surface area contributed by atoms with Gasteiger partial charge in [0.1, 0.15) is 11.6 Å². The summed E-state index contributed by atoms with van der Waals surface area (Å²) in [5, 5.41) is 0. The van der Waals surface area contributed by atoms with Crippen LogP contribution in [0.3, 0.4) is 0 Å². The van der Waals surface area contributed by atoms with Gasteiger partial charge in [-0.3, -0.25) is 4.79 Å². The van der Waals surface area contributed by atoms with E-state index >= 15 is 0 Å². The fraction of sp³-hybridized carbons (Fsp3) is 0.188. The van der Waals surface area contributed by atoms with Crippen LogP contribution in [-0.4, -0.2) is 5.78 Å². The summed E-state index contributed by atoms with van der Waals surface area (Å²) in [6.45, 7) is 1.52. The Morgan fingerprint density at radius 2 is 1.74 bits per heavy atom. The first-order valence-corrected chi connectivity index (χ1v) is 6.11. The number of carbonyl (C=O) groups is 1. The van der Waals surface area contributed by atoms with Crippen LogP contribution in [-0.2, 0) is 6.42 Å². The molecule has 0 amide bonds. The average Bonchev–Trinajstić information content (AvgIpc) is 2.42. The lowest BCUT2D eigenvalue weighted by Crippen LogP contribution is -2.08. The predicted molar refractivity (Wildman–Crippen MR) is 70.2 cm³/mol. The molecule has 0 saturated heterocycles. The minimum atomic E-state index is -0.791. The average molecular weight is 260 g/mol. The zero-order valence-electron chi connectivity index (χ0n) is 10.6. The highest BCUT2D eigenvalue weighted by Crippen LogP contribution is 2.19. The van der Waals surface area contributed by atoms with Gasteiger partial charge in [-0.15, -0.1) is 0 Å². The molecule has 0 aliphatic carbocycles. The molecule has 0 saturated carbocycles. The fourth-order valence-corrected chi connectivity index (χ4v) is 1.94. The molecule has 0 unspecified atom stereocenters. The number of rotatable bonds is 4. The maximum absolute atomic E-state index is 13.8. The van der Waals surface area contributed by atoms with Gasteiger partial charge in [0, 0.05) is 6.42 Å². The number of ketones is 1. The van der Waals surface area contributed by atoms with E-state index in [2.05, 4.69) is 0 Å². The molecule has 1 nitrogen and oxygen atoms in total. The fourth-order valence-electron chi connectivity index (χ4n) is 1.94. The second-order valence-corrected chi connectivity index (χ2v) is 4.46. The topological polar surface area (TPSA) is 17.1 Å². The van der Waals surface area contributed by atoms with Crippen LogP contribution in [0.2, 0.25) is 0 Å². The molecule has 0 spiro atoms. The van der Waals surface area contributed by atoms with Crippen LogP contribution in [0, 0.1) is 18.6 Å². The molecular weight excluding hydrogens is 246 g/mol. The number of aryl methyl sites for hydroxylation is 2. The Kier molecular flexibility index (Phi) is 4.05. The number of benzene rings is 2. The Morgan fingerprint density at radius 3 is 2.42 bits per heavy atom. The standard InChI is InChI=1S/C16H14F2O/c1-11-7-9-13(17)15(16(11)18)14(19)10-8-12-5-3-2-4-6-12/h2-7,9H,8,10H2,1H3. The highest BCUT2D eigenvalue weighted by Gasteiger charge is 2.18. The summed E-state index contributed by atoms with van der Waals surface area (Å²) < 4.78 is 27.3. The van der Waals surface area contributed by atoms with Gasteiger partial charge in [0.15, 0.2) is 5.78 Å².